The predicted octanol–water partition coefficient (Wildman–Crippen LogP) is 13.3. The van der Waals surface area contributed by atoms with Crippen LogP contribution in [-0.4, -0.2) is 55.2 Å². The lowest BCUT2D eigenvalue weighted by atomic mass is 10.0. The minimum atomic E-state index is -4.52. The van der Waals surface area contributed by atoms with Crippen LogP contribution in [0.1, 0.15) is 226 Å². The first-order valence-corrected chi connectivity index (χ1v) is 25.3. The summed E-state index contributed by atoms with van der Waals surface area (Å²) in [5.74, 6) is -1.01. The summed E-state index contributed by atoms with van der Waals surface area (Å²) in [5, 5.41) is 2.69. The minimum absolute atomic E-state index is 0.0600. The van der Waals surface area contributed by atoms with E-state index < -0.39 is 32.5 Å². The highest BCUT2D eigenvalue weighted by atomic mass is 31.2. The number of amides is 1. The summed E-state index contributed by atoms with van der Waals surface area (Å²) in [4.78, 5) is 47.5. The van der Waals surface area contributed by atoms with Crippen LogP contribution in [0.2, 0.25) is 0 Å². The molecule has 2 N–H and O–H groups in total. The van der Waals surface area contributed by atoms with Crippen LogP contribution in [0.5, 0.6) is 0 Å². The molecular formula is C47H88NO9P. The number of allylic oxidation sites excluding steroid dienone is 4. The van der Waals surface area contributed by atoms with Crippen LogP contribution in [0.15, 0.2) is 24.3 Å². The molecule has 0 aliphatic heterocycles. The van der Waals surface area contributed by atoms with Gasteiger partial charge in [0.25, 0.3) is 0 Å². The van der Waals surface area contributed by atoms with Gasteiger partial charge in [-0.15, -0.1) is 0 Å². The van der Waals surface area contributed by atoms with Crippen molar-refractivity contribution in [2.45, 2.75) is 232 Å². The van der Waals surface area contributed by atoms with Crippen LogP contribution in [0, 0.1) is 0 Å². The van der Waals surface area contributed by atoms with E-state index in [1.54, 1.807) is 0 Å². The average Bonchev–Trinajstić information content (AvgIpc) is 3.20. The summed E-state index contributed by atoms with van der Waals surface area (Å²) in [7, 11) is -4.52. The van der Waals surface area contributed by atoms with Gasteiger partial charge in [0.05, 0.1) is 13.2 Å². The van der Waals surface area contributed by atoms with Crippen LogP contribution in [0.3, 0.4) is 0 Å². The second-order valence-electron chi connectivity index (χ2n) is 15.9. The summed E-state index contributed by atoms with van der Waals surface area (Å²) in [5.41, 5.74) is 0. The highest BCUT2D eigenvalue weighted by Gasteiger charge is 2.26. The molecule has 10 nitrogen and oxygen atoms in total. The van der Waals surface area contributed by atoms with Crippen LogP contribution in [0.25, 0.3) is 0 Å². The van der Waals surface area contributed by atoms with E-state index >= 15 is 0 Å². The molecule has 1 amide bonds. The molecular weight excluding hydrogens is 753 g/mol. The Labute approximate surface area is 355 Å². The molecule has 0 aromatic heterocycles. The fraction of sp³-hybridized carbons (Fsp3) is 0.851. The van der Waals surface area contributed by atoms with Gasteiger partial charge in [-0.05, 0) is 51.4 Å². The van der Waals surface area contributed by atoms with Gasteiger partial charge in [-0.25, -0.2) is 4.57 Å². The first-order valence-electron chi connectivity index (χ1n) is 23.8. The van der Waals surface area contributed by atoms with E-state index in [4.69, 9.17) is 18.5 Å². The van der Waals surface area contributed by atoms with Crippen LogP contribution in [-0.2, 0) is 37.5 Å². The number of carbonyl (C=O) groups excluding carboxylic acids is 3. The number of phosphoric ester groups is 1. The molecule has 0 aliphatic rings. The molecule has 0 aromatic rings. The van der Waals surface area contributed by atoms with E-state index in [9.17, 15) is 23.8 Å². The van der Waals surface area contributed by atoms with E-state index in [1.807, 2.05) is 0 Å². The molecule has 0 heterocycles. The molecule has 0 fully saturated rings. The maximum absolute atomic E-state index is 12.7. The van der Waals surface area contributed by atoms with Crippen molar-refractivity contribution in [2.24, 2.45) is 0 Å². The van der Waals surface area contributed by atoms with E-state index in [-0.39, 0.29) is 38.5 Å². The number of unbranched alkanes of at least 4 members (excludes halogenated alkanes) is 24. The molecule has 0 aromatic carbocycles. The number of carbonyl (C=O) groups is 3. The largest absolute Gasteiger partial charge is 0.472 e. The van der Waals surface area contributed by atoms with Crippen molar-refractivity contribution < 1.29 is 42.4 Å². The zero-order chi connectivity index (χ0) is 42.6. The second kappa shape index (κ2) is 43.1. The van der Waals surface area contributed by atoms with Gasteiger partial charge in [0.15, 0.2) is 6.10 Å². The molecule has 2 atom stereocenters. The normalized spacial score (nSPS) is 13.2. The number of esters is 2. The predicted molar refractivity (Wildman–Crippen MR) is 239 cm³/mol. The lowest BCUT2D eigenvalue weighted by Gasteiger charge is -2.20. The Balaban J connectivity index is 4.55. The van der Waals surface area contributed by atoms with Crippen molar-refractivity contribution in [3.8, 4) is 0 Å². The summed E-state index contributed by atoms with van der Waals surface area (Å²) < 4.78 is 33.7. The maximum Gasteiger partial charge on any atom is 0.472 e. The molecule has 0 bridgehead atoms. The van der Waals surface area contributed by atoms with Crippen LogP contribution >= 0.6 is 7.82 Å². The fourth-order valence-electron chi connectivity index (χ4n) is 6.53. The standard InChI is InChI=1S/C47H88NO9P/c1-4-7-10-13-15-17-19-21-22-24-26-28-30-33-36-39-47(51)57-44(43-56-58(52,53)55-41-40-48-45(49)37-34-31-12-9-6-3)42-54-46(50)38-35-32-29-27-25-23-20-18-16-14-11-8-5-2/h15,17,21-22,44H,4-14,16,18-20,23-43H2,1-3H3,(H,48,49)(H,52,53)/b17-15-,22-21-/t44-/m1/s1. The average molecular weight is 842 g/mol. The smallest absolute Gasteiger partial charge is 0.462 e. The monoisotopic (exact) mass is 842 g/mol. The van der Waals surface area contributed by atoms with Crippen molar-refractivity contribution in [1.29, 1.82) is 0 Å². The van der Waals surface area contributed by atoms with Gasteiger partial charge in [0, 0.05) is 25.8 Å². The highest BCUT2D eigenvalue weighted by molar-refractivity contribution is 7.47. The van der Waals surface area contributed by atoms with Crippen LogP contribution in [0.4, 0.5) is 0 Å². The third kappa shape index (κ3) is 42.1. The molecule has 1 unspecified atom stereocenters. The molecule has 0 saturated heterocycles. The van der Waals surface area contributed by atoms with E-state index in [0.717, 1.165) is 89.9 Å². The third-order valence-electron chi connectivity index (χ3n) is 10.2. The first-order chi connectivity index (χ1) is 28.2. The zero-order valence-electron chi connectivity index (χ0n) is 37.5. The number of hydrogen-bond donors (Lipinski definition) is 2. The summed E-state index contributed by atoms with van der Waals surface area (Å²) in [6.45, 7) is 5.69. The number of ether oxygens (including phenoxy) is 2. The number of rotatable bonds is 44. The Morgan fingerprint density at radius 1 is 0.534 bits per heavy atom. The lowest BCUT2D eigenvalue weighted by molar-refractivity contribution is -0.161. The minimum Gasteiger partial charge on any atom is -0.462 e. The number of nitrogens with one attached hydrogen (secondary N) is 1. The van der Waals surface area contributed by atoms with E-state index in [2.05, 4.69) is 50.4 Å². The lowest BCUT2D eigenvalue weighted by Crippen LogP contribution is -2.30. The molecule has 11 heteroatoms. The van der Waals surface area contributed by atoms with Crippen molar-refractivity contribution in [3.63, 3.8) is 0 Å². The molecule has 0 spiro atoms. The summed E-state index contributed by atoms with van der Waals surface area (Å²) in [6.07, 6.45) is 41.5. The number of hydrogen-bond acceptors (Lipinski definition) is 8. The Kier molecular flexibility index (Phi) is 41.6. The Morgan fingerprint density at radius 2 is 0.966 bits per heavy atom. The molecule has 0 rings (SSSR count). The molecule has 340 valence electrons. The Bertz CT molecular complexity index is 1070. The topological polar surface area (TPSA) is 137 Å². The van der Waals surface area contributed by atoms with E-state index in [1.165, 1.54) is 89.9 Å². The quantitative estimate of drug-likeness (QED) is 0.0266. The van der Waals surface area contributed by atoms with Gasteiger partial charge >= 0.3 is 19.8 Å². The van der Waals surface area contributed by atoms with Gasteiger partial charge in [0.1, 0.15) is 6.61 Å². The van der Waals surface area contributed by atoms with E-state index in [0.29, 0.717) is 12.8 Å². The molecule has 0 aliphatic carbocycles. The Morgan fingerprint density at radius 3 is 1.50 bits per heavy atom. The van der Waals surface area contributed by atoms with Crippen molar-refractivity contribution in [1.82, 2.24) is 5.32 Å². The van der Waals surface area contributed by atoms with Crippen LogP contribution < -0.4 is 5.32 Å². The van der Waals surface area contributed by atoms with Gasteiger partial charge in [-0.2, -0.15) is 0 Å². The van der Waals surface area contributed by atoms with Gasteiger partial charge in [0.2, 0.25) is 5.91 Å². The summed E-state index contributed by atoms with van der Waals surface area (Å²) in [6, 6.07) is 0. The maximum atomic E-state index is 12.7. The molecule has 0 saturated carbocycles. The zero-order valence-corrected chi connectivity index (χ0v) is 38.4. The highest BCUT2D eigenvalue weighted by Crippen LogP contribution is 2.43. The van der Waals surface area contributed by atoms with Crippen molar-refractivity contribution in [2.75, 3.05) is 26.4 Å². The van der Waals surface area contributed by atoms with Gasteiger partial charge in [-0.1, -0.05) is 180 Å². The second-order valence-corrected chi connectivity index (χ2v) is 17.3. The van der Waals surface area contributed by atoms with Gasteiger partial charge in [-0.3, -0.25) is 23.4 Å². The summed E-state index contributed by atoms with van der Waals surface area (Å²) >= 11 is 0. The SMILES string of the molecule is CCCCC/C=C\C/C=C\CCCCCCCC(=O)O[C@H](COC(=O)CCCCCCCCCCCCCCC)COP(=O)(O)OCCNC(=O)CCCCCCC. The first kappa shape index (κ1) is 56.0. The van der Waals surface area contributed by atoms with Crippen molar-refractivity contribution in [3.05, 3.63) is 24.3 Å². The van der Waals surface area contributed by atoms with Gasteiger partial charge < -0.3 is 19.7 Å². The molecule has 58 heavy (non-hydrogen) atoms. The third-order valence-corrected chi connectivity index (χ3v) is 11.1. The Hall–Kier alpha value is -2.00. The fourth-order valence-corrected chi connectivity index (χ4v) is 7.28. The van der Waals surface area contributed by atoms with Crippen molar-refractivity contribution >= 4 is 25.7 Å². The number of phosphoric acid groups is 1. The molecule has 0 radical (unpaired) electrons.